The standard InChI is InChI=1S/C15H19ClFN3O/c1-3-14-11(9-20(2)19-14)7-18-8-15(21)10-4-5-12(16)13(17)6-10/h4-6,9,15,18,21H,3,7-8H2,1-2H3. The number of nitrogens with one attached hydrogen (secondary N) is 1. The fourth-order valence-electron chi connectivity index (χ4n) is 2.21. The van der Waals surface area contributed by atoms with Crippen molar-refractivity contribution < 1.29 is 9.50 Å². The molecule has 114 valence electrons. The van der Waals surface area contributed by atoms with Crippen LogP contribution in [0.1, 0.15) is 29.8 Å². The van der Waals surface area contributed by atoms with Crippen LogP contribution >= 0.6 is 11.6 Å². The second-order valence-corrected chi connectivity index (χ2v) is 5.36. The number of rotatable bonds is 6. The van der Waals surface area contributed by atoms with Gasteiger partial charge in [0, 0.05) is 31.9 Å². The smallest absolute Gasteiger partial charge is 0.142 e. The van der Waals surface area contributed by atoms with Crippen LogP contribution in [0, 0.1) is 5.82 Å². The van der Waals surface area contributed by atoms with E-state index in [0.29, 0.717) is 18.7 Å². The lowest BCUT2D eigenvalue weighted by atomic mass is 10.1. The first-order valence-corrected chi connectivity index (χ1v) is 7.24. The molecule has 0 amide bonds. The van der Waals surface area contributed by atoms with E-state index in [4.69, 9.17) is 11.6 Å². The molecule has 1 unspecified atom stereocenters. The highest BCUT2D eigenvalue weighted by atomic mass is 35.5. The van der Waals surface area contributed by atoms with Gasteiger partial charge in [0.25, 0.3) is 0 Å². The van der Waals surface area contributed by atoms with E-state index >= 15 is 0 Å². The third-order valence-electron chi connectivity index (χ3n) is 3.31. The van der Waals surface area contributed by atoms with Gasteiger partial charge in [-0.05, 0) is 24.1 Å². The highest BCUT2D eigenvalue weighted by Gasteiger charge is 2.11. The average Bonchev–Trinajstić information content (AvgIpc) is 2.82. The monoisotopic (exact) mass is 311 g/mol. The van der Waals surface area contributed by atoms with E-state index in [1.54, 1.807) is 10.7 Å². The zero-order chi connectivity index (χ0) is 15.4. The van der Waals surface area contributed by atoms with E-state index in [0.717, 1.165) is 17.7 Å². The number of hydrogen-bond acceptors (Lipinski definition) is 3. The highest BCUT2D eigenvalue weighted by molar-refractivity contribution is 6.30. The Bertz CT molecular complexity index is 615. The summed E-state index contributed by atoms with van der Waals surface area (Å²) in [7, 11) is 1.88. The minimum absolute atomic E-state index is 0.0573. The quantitative estimate of drug-likeness (QED) is 0.862. The molecule has 0 aliphatic rings. The SMILES string of the molecule is CCc1nn(C)cc1CNCC(O)c1ccc(Cl)c(F)c1. The summed E-state index contributed by atoms with van der Waals surface area (Å²) in [5.74, 6) is -0.520. The largest absolute Gasteiger partial charge is 0.387 e. The molecule has 2 aromatic rings. The number of benzene rings is 1. The first kappa shape index (κ1) is 15.9. The number of aliphatic hydroxyl groups excluding tert-OH is 1. The Morgan fingerprint density at radius 1 is 1.48 bits per heavy atom. The van der Waals surface area contributed by atoms with Gasteiger partial charge in [-0.15, -0.1) is 0 Å². The van der Waals surface area contributed by atoms with Gasteiger partial charge in [0.15, 0.2) is 0 Å². The van der Waals surface area contributed by atoms with Crippen molar-refractivity contribution >= 4 is 11.6 Å². The van der Waals surface area contributed by atoms with Crippen LogP contribution in [0.2, 0.25) is 5.02 Å². The summed E-state index contributed by atoms with van der Waals surface area (Å²) in [6.07, 6.45) is 2.04. The molecule has 1 atom stereocenters. The molecule has 1 aromatic heterocycles. The van der Waals surface area contributed by atoms with E-state index in [-0.39, 0.29) is 5.02 Å². The average molecular weight is 312 g/mol. The van der Waals surface area contributed by atoms with Crippen molar-refractivity contribution in [3.8, 4) is 0 Å². The third-order valence-corrected chi connectivity index (χ3v) is 3.61. The molecule has 2 N–H and O–H groups in total. The number of hydrogen-bond donors (Lipinski definition) is 2. The molecule has 0 aliphatic carbocycles. The van der Waals surface area contributed by atoms with Crippen LogP contribution in [0.15, 0.2) is 24.4 Å². The molecule has 2 rings (SSSR count). The number of halogens is 2. The molecular formula is C15H19ClFN3O. The van der Waals surface area contributed by atoms with Crippen LogP contribution < -0.4 is 5.32 Å². The molecule has 21 heavy (non-hydrogen) atoms. The van der Waals surface area contributed by atoms with Crippen molar-refractivity contribution in [3.63, 3.8) is 0 Å². The van der Waals surface area contributed by atoms with Crippen LogP contribution in [0.25, 0.3) is 0 Å². The second-order valence-electron chi connectivity index (χ2n) is 4.95. The van der Waals surface area contributed by atoms with Crippen LogP contribution in [0.4, 0.5) is 4.39 Å². The van der Waals surface area contributed by atoms with E-state index in [1.165, 1.54) is 12.1 Å². The lowest BCUT2D eigenvalue weighted by Gasteiger charge is -2.12. The maximum atomic E-state index is 13.4. The summed E-state index contributed by atoms with van der Waals surface area (Å²) in [6.45, 7) is 3.00. The molecule has 4 nitrogen and oxygen atoms in total. The Morgan fingerprint density at radius 2 is 2.24 bits per heavy atom. The summed E-state index contributed by atoms with van der Waals surface area (Å²) >= 11 is 5.62. The minimum Gasteiger partial charge on any atom is -0.387 e. The van der Waals surface area contributed by atoms with E-state index in [1.807, 2.05) is 13.2 Å². The molecule has 0 saturated carbocycles. The Labute approximate surface area is 128 Å². The number of aryl methyl sites for hydroxylation is 2. The number of nitrogens with zero attached hydrogens (tertiary/aromatic N) is 2. The van der Waals surface area contributed by atoms with Gasteiger partial charge >= 0.3 is 0 Å². The van der Waals surface area contributed by atoms with Crippen molar-refractivity contribution in [1.82, 2.24) is 15.1 Å². The molecule has 0 fully saturated rings. The first-order chi connectivity index (χ1) is 10.0. The maximum absolute atomic E-state index is 13.4. The van der Waals surface area contributed by atoms with Crippen molar-refractivity contribution in [3.05, 3.63) is 52.1 Å². The minimum atomic E-state index is -0.779. The molecule has 1 aromatic carbocycles. The number of aromatic nitrogens is 2. The maximum Gasteiger partial charge on any atom is 0.142 e. The lowest BCUT2D eigenvalue weighted by molar-refractivity contribution is 0.174. The third kappa shape index (κ3) is 4.03. The lowest BCUT2D eigenvalue weighted by Crippen LogP contribution is -2.21. The van der Waals surface area contributed by atoms with Gasteiger partial charge in [0.1, 0.15) is 5.82 Å². The Balaban J connectivity index is 1.91. The van der Waals surface area contributed by atoms with Crippen LogP contribution in [-0.2, 0) is 20.0 Å². The van der Waals surface area contributed by atoms with Gasteiger partial charge in [-0.3, -0.25) is 4.68 Å². The molecule has 0 aliphatic heterocycles. The molecule has 0 radical (unpaired) electrons. The number of aliphatic hydroxyl groups is 1. The van der Waals surface area contributed by atoms with Gasteiger partial charge in [-0.25, -0.2) is 4.39 Å². The van der Waals surface area contributed by atoms with Gasteiger partial charge in [0.05, 0.1) is 16.8 Å². The molecule has 0 saturated heterocycles. The topological polar surface area (TPSA) is 50.1 Å². The van der Waals surface area contributed by atoms with Crippen LogP contribution in [-0.4, -0.2) is 21.4 Å². The van der Waals surface area contributed by atoms with Crippen molar-refractivity contribution in [2.24, 2.45) is 7.05 Å². The summed E-state index contributed by atoms with van der Waals surface area (Å²) in [6, 6.07) is 4.33. The Hall–Kier alpha value is -1.43. The van der Waals surface area contributed by atoms with Gasteiger partial charge in [-0.1, -0.05) is 24.6 Å². The van der Waals surface area contributed by atoms with Crippen molar-refractivity contribution in [2.75, 3.05) is 6.54 Å². The summed E-state index contributed by atoms with van der Waals surface area (Å²) in [5, 5.41) is 17.6. The predicted octanol–water partition coefficient (Wildman–Crippen LogP) is 2.60. The van der Waals surface area contributed by atoms with E-state index in [9.17, 15) is 9.50 Å². The van der Waals surface area contributed by atoms with Gasteiger partial charge < -0.3 is 10.4 Å². The van der Waals surface area contributed by atoms with Crippen LogP contribution in [0.5, 0.6) is 0 Å². The summed E-state index contributed by atoms with van der Waals surface area (Å²) < 4.78 is 15.1. The zero-order valence-electron chi connectivity index (χ0n) is 12.1. The normalized spacial score (nSPS) is 12.6. The van der Waals surface area contributed by atoms with Crippen molar-refractivity contribution in [2.45, 2.75) is 26.0 Å². The molecular weight excluding hydrogens is 293 g/mol. The Morgan fingerprint density at radius 3 is 2.90 bits per heavy atom. The van der Waals surface area contributed by atoms with Gasteiger partial charge in [-0.2, -0.15) is 5.10 Å². The fourth-order valence-corrected chi connectivity index (χ4v) is 2.33. The highest BCUT2D eigenvalue weighted by Crippen LogP contribution is 2.20. The van der Waals surface area contributed by atoms with Gasteiger partial charge in [0.2, 0.25) is 0 Å². The zero-order valence-corrected chi connectivity index (χ0v) is 12.9. The molecule has 0 spiro atoms. The van der Waals surface area contributed by atoms with E-state index in [2.05, 4.69) is 17.3 Å². The summed E-state index contributed by atoms with van der Waals surface area (Å²) in [4.78, 5) is 0. The van der Waals surface area contributed by atoms with Crippen LogP contribution in [0.3, 0.4) is 0 Å². The second kappa shape index (κ2) is 7.02. The Kier molecular flexibility index (Phi) is 5.33. The molecule has 0 bridgehead atoms. The molecule has 1 heterocycles. The molecule has 6 heteroatoms. The fraction of sp³-hybridized carbons (Fsp3) is 0.400. The first-order valence-electron chi connectivity index (χ1n) is 6.86. The predicted molar refractivity (Wildman–Crippen MR) is 80.7 cm³/mol. The summed E-state index contributed by atoms with van der Waals surface area (Å²) in [5.41, 5.74) is 2.65. The van der Waals surface area contributed by atoms with E-state index < -0.39 is 11.9 Å². The van der Waals surface area contributed by atoms with Crippen molar-refractivity contribution in [1.29, 1.82) is 0 Å².